The van der Waals surface area contributed by atoms with E-state index >= 15 is 0 Å². The van der Waals surface area contributed by atoms with Crippen molar-refractivity contribution in [2.24, 2.45) is 0 Å². The number of nitrogens with zero attached hydrogens (tertiary/aromatic N) is 1. The molecule has 0 aliphatic carbocycles. The molecule has 0 saturated carbocycles. The number of rotatable bonds is 6. The molecule has 0 bridgehead atoms. The molecule has 0 aliphatic rings. The van der Waals surface area contributed by atoms with Crippen molar-refractivity contribution in [1.82, 2.24) is 10.3 Å². The van der Waals surface area contributed by atoms with Crippen LogP contribution in [0.3, 0.4) is 0 Å². The van der Waals surface area contributed by atoms with E-state index < -0.39 is 0 Å². The predicted octanol–water partition coefficient (Wildman–Crippen LogP) is 1.76. The Balaban J connectivity index is 2.50. The summed E-state index contributed by atoms with van der Waals surface area (Å²) in [6.07, 6.45) is 5.50. The highest BCUT2D eigenvalue weighted by Gasteiger charge is 2.22. The third-order valence-corrected chi connectivity index (χ3v) is 3.02. The van der Waals surface area contributed by atoms with Crippen LogP contribution in [-0.4, -0.2) is 28.3 Å². The van der Waals surface area contributed by atoms with Crippen molar-refractivity contribution in [3.63, 3.8) is 0 Å². The number of nitrogens with one attached hydrogen (secondary N) is 1. The molecule has 1 rings (SSSR count). The average molecular weight is 222 g/mol. The fourth-order valence-electron chi connectivity index (χ4n) is 1.78. The Labute approximate surface area is 97.9 Å². The molecule has 16 heavy (non-hydrogen) atoms. The van der Waals surface area contributed by atoms with Crippen LogP contribution in [0.25, 0.3) is 0 Å². The first-order chi connectivity index (χ1) is 7.59. The van der Waals surface area contributed by atoms with E-state index in [0.717, 1.165) is 12.8 Å². The summed E-state index contributed by atoms with van der Waals surface area (Å²) in [4.78, 5) is 4.00. The van der Waals surface area contributed by atoms with Crippen LogP contribution in [0.4, 0.5) is 0 Å². The van der Waals surface area contributed by atoms with Crippen LogP contribution in [0.2, 0.25) is 0 Å². The SMILES string of the molecule is CCC(C)(CO)NC(C)Cc1ccncc1. The third-order valence-electron chi connectivity index (χ3n) is 3.02. The van der Waals surface area contributed by atoms with Crippen LogP contribution in [0.15, 0.2) is 24.5 Å². The lowest BCUT2D eigenvalue weighted by Gasteiger charge is -2.31. The highest BCUT2D eigenvalue weighted by Crippen LogP contribution is 2.11. The summed E-state index contributed by atoms with van der Waals surface area (Å²) in [5.41, 5.74) is 1.10. The van der Waals surface area contributed by atoms with Crippen molar-refractivity contribution >= 4 is 0 Å². The first-order valence-corrected chi connectivity index (χ1v) is 5.87. The number of pyridine rings is 1. The standard InChI is InChI=1S/C13H22N2O/c1-4-13(3,10-16)15-11(2)9-12-5-7-14-8-6-12/h5-8,11,15-16H,4,9-10H2,1-3H3. The minimum absolute atomic E-state index is 0.171. The van der Waals surface area contributed by atoms with Crippen LogP contribution in [0.5, 0.6) is 0 Å². The normalized spacial score (nSPS) is 16.8. The summed E-state index contributed by atoms with van der Waals surface area (Å²) < 4.78 is 0. The topological polar surface area (TPSA) is 45.1 Å². The maximum atomic E-state index is 9.33. The molecule has 0 aromatic carbocycles. The van der Waals surface area contributed by atoms with Crippen LogP contribution in [-0.2, 0) is 6.42 Å². The zero-order valence-corrected chi connectivity index (χ0v) is 10.4. The van der Waals surface area contributed by atoms with Gasteiger partial charge in [0.25, 0.3) is 0 Å². The van der Waals surface area contributed by atoms with Gasteiger partial charge in [-0.25, -0.2) is 0 Å². The molecule has 90 valence electrons. The average Bonchev–Trinajstić information content (AvgIpc) is 2.30. The summed E-state index contributed by atoms with van der Waals surface area (Å²) in [6, 6.07) is 4.40. The predicted molar refractivity (Wildman–Crippen MR) is 66.3 cm³/mol. The van der Waals surface area contributed by atoms with Crippen LogP contribution in [0, 0.1) is 0 Å². The van der Waals surface area contributed by atoms with Crippen molar-refractivity contribution in [3.05, 3.63) is 30.1 Å². The van der Waals surface area contributed by atoms with Gasteiger partial charge >= 0.3 is 0 Å². The lowest BCUT2D eigenvalue weighted by atomic mass is 9.97. The van der Waals surface area contributed by atoms with E-state index in [1.807, 2.05) is 24.5 Å². The van der Waals surface area contributed by atoms with Crippen molar-refractivity contribution < 1.29 is 5.11 Å². The fraction of sp³-hybridized carbons (Fsp3) is 0.615. The summed E-state index contributed by atoms with van der Waals surface area (Å²) in [6.45, 7) is 6.45. The molecule has 1 heterocycles. The maximum absolute atomic E-state index is 9.33. The minimum atomic E-state index is -0.174. The zero-order chi connectivity index (χ0) is 12.0. The van der Waals surface area contributed by atoms with Gasteiger partial charge in [-0.15, -0.1) is 0 Å². The molecule has 0 amide bonds. The highest BCUT2D eigenvalue weighted by molar-refractivity contribution is 5.11. The van der Waals surface area contributed by atoms with Crippen LogP contribution in [0.1, 0.15) is 32.8 Å². The van der Waals surface area contributed by atoms with Gasteiger partial charge in [0.05, 0.1) is 6.61 Å². The van der Waals surface area contributed by atoms with Gasteiger partial charge < -0.3 is 10.4 Å². The van der Waals surface area contributed by atoms with Gasteiger partial charge in [0.2, 0.25) is 0 Å². The number of aromatic nitrogens is 1. The van der Waals surface area contributed by atoms with E-state index in [1.54, 1.807) is 0 Å². The third kappa shape index (κ3) is 3.91. The van der Waals surface area contributed by atoms with E-state index in [1.165, 1.54) is 5.56 Å². The number of aliphatic hydroxyl groups is 1. The van der Waals surface area contributed by atoms with Crippen LogP contribution < -0.4 is 5.32 Å². The van der Waals surface area contributed by atoms with Crippen molar-refractivity contribution in [2.75, 3.05) is 6.61 Å². The van der Waals surface area contributed by atoms with Crippen molar-refractivity contribution in [2.45, 2.75) is 45.2 Å². The van der Waals surface area contributed by atoms with E-state index in [4.69, 9.17) is 0 Å². The van der Waals surface area contributed by atoms with Gasteiger partial charge in [-0.2, -0.15) is 0 Å². The van der Waals surface area contributed by atoms with Gasteiger partial charge in [-0.3, -0.25) is 4.98 Å². The first kappa shape index (κ1) is 13.1. The van der Waals surface area contributed by atoms with E-state index in [2.05, 4.69) is 31.1 Å². The summed E-state index contributed by atoms with van der Waals surface area (Å²) in [7, 11) is 0. The molecule has 3 heteroatoms. The summed E-state index contributed by atoms with van der Waals surface area (Å²) in [5.74, 6) is 0. The Morgan fingerprint density at radius 1 is 1.44 bits per heavy atom. The van der Waals surface area contributed by atoms with Gasteiger partial charge in [0.15, 0.2) is 0 Å². The largest absolute Gasteiger partial charge is 0.394 e. The quantitative estimate of drug-likeness (QED) is 0.771. The first-order valence-electron chi connectivity index (χ1n) is 5.87. The molecule has 0 aliphatic heterocycles. The Kier molecular flexibility index (Phi) is 4.90. The number of hydrogen-bond acceptors (Lipinski definition) is 3. The molecule has 2 atom stereocenters. The molecule has 1 aromatic heterocycles. The highest BCUT2D eigenvalue weighted by atomic mass is 16.3. The van der Waals surface area contributed by atoms with E-state index in [-0.39, 0.29) is 12.1 Å². The number of hydrogen-bond donors (Lipinski definition) is 2. The molecular weight excluding hydrogens is 200 g/mol. The van der Waals surface area contributed by atoms with E-state index in [9.17, 15) is 5.11 Å². The fourth-order valence-corrected chi connectivity index (χ4v) is 1.78. The second kappa shape index (κ2) is 5.97. The molecular formula is C13H22N2O. The van der Waals surface area contributed by atoms with Gasteiger partial charge in [-0.05, 0) is 44.4 Å². The number of aliphatic hydroxyl groups excluding tert-OH is 1. The minimum Gasteiger partial charge on any atom is -0.394 e. The van der Waals surface area contributed by atoms with Gasteiger partial charge in [0.1, 0.15) is 0 Å². The Morgan fingerprint density at radius 3 is 2.56 bits per heavy atom. The molecule has 0 saturated heterocycles. The molecule has 2 N–H and O–H groups in total. The van der Waals surface area contributed by atoms with Crippen molar-refractivity contribution in [1.29, 1.82) is 0 Å². The van der Waals surface area contributed by atoms with E-state index in [0.29, 0.717) is 6.04 Å². The van der Waals surface area contributed by atoms with Crippen molar-refractivity contribution in [3.8, 4) is 0 Å². The molecule has 1 aromatic rings. The van der Waals surface area contributed by atoms with Crippen LogP contribution >= 0.6 is 0 Å². The summed E-state index contributed by atoms with van der Waals surface area (Å²) >= 11 is 0. The van der Waals surface area contributed by atoms with Gasteiger partial charge in [0, 0.05) is 24.0 Å². The Morgan fingerprint density at radius 2 is 2.06 bits per heavy atom. The summed E-state index contributed by atoms with van der Waals surface area (Å²) in [5, 5.41) is 12.8. The monoisotopic (exact) mass is 222 g/mol. The second-order valence-electron chi connectivity index (χ2n) is 4.68. The Hall–Kier alpha value is -0.930. The molecule has 0 fully saturated rings. The molecule has 3 nitrogen and oxygen atoms in total. The maximum Gasteiger partial charge on any atom is 0.0610 e. The smallest absolute Gasteiger partial charge is 0.0610 e. The van der Waals surface area contributed by atoms with Gasteiger partial charge in [-0.1, -0.05) is 6.92 Å². The lowest BCUT2D eigenvalue weighted by molar-refractivity contribution is 0.159. The molecule has 0 spiro atoms. The molecule has 2 unspecified atom stereocenters. The zero-order valence-electron chi connectivity index (χ0n) is 10.4. The molecule has 0 radical (unpaired) electrons. The Bertz CT molecular complexity index is 296. The second-order valence-corrected chi connectivity index (χ2v) is 4.68. The lowest BCUT2D eigenvalue weighted by Crippen LogP contribution is -2.50.